The molecule has 1 aromatic carbocycles. The number of rotatable bonds is 4. The second-order valence-corrected chi connectivity index (χ2v) is 8.75. The summed E-state index contributed by atoms with van der Waals surface area (Å²) in [7, 11) is 0. The van der Waals surface area contributed by atoms with Crippen molar-refractivity contribution in [3.63, 3.8) is 0 Å². The molecule has 0 saturated carbocycles. The molecule has 0 atom stereocenters. The van der Waals surface area contributed by atoms with Gasteiger partial charge in [-0.25, -0.2) is 0 Å². The lowest BCUT2D eigenvalue weighted by atomic mass is 9.99. The monoisotopic (exact) mass is 408 g/mol. The van der Waals surface area contributed by atoms with Crippen molar-refractivity contribution in [2.75, 3.05) is 19.6 Å². The largest absolute Gasteiger partial charge is 0.343 e. The lowest BCUT2D eigenvalue weighted by Crippen LogP contribution is -2.40. The Morgan fingerprint density at radius 3 is 2.73 bits per heavy atom. The van der Waals surface area contributed by atoms with E-state index in [1.165, 1.54) is 16.7 Å². The van der Waals surface area contributed by atoms with Gasteiger partial charge in [0, 0.05) is 31.1 Å². The van der Waals surface area contributed by atoms with Gasteiger partial charge in [-0.15, -0.1) is 0 Å². The minimum Gasteiger partial charge on any atom is -0.343 e. The molecule has 2 saturated heterocycles. The third kappa shape index (κ3) is 4.48. The Labute approximate surface area is 168 Å². The van der Waals surface area contributed by atoms with Crippen LogP contribution in [0.5, 0.6) is 0 Å². The minimum atomic E-state index is -0.153. The molecule has 4 nitrogen and oxygen atoms in total. The van der Waals surface area contributed by atoms with Crippen molar-refractivity contribution >= 4 is 57.8 Å². The summed E-state index contributed by atoms with van der Waals surface area (Å²) in [4.78, 5) is 29.0. The van der Waals surface area contributed by atoms with Gasteiger partial charge >= 0.3 is 0 Å². The van der Waals surface area contributed by atoms with Crippen molar-refractivity contribution < 1.29 is 9.59 Å². The number of benzene rings is 1. The summed E-state index contributed by atoms with van der Waals surface area (Å²) in [5, 5.41) is 0.590. The van der Waals surface area contributed by atoms with Gasteiger partial charge in [0.05, 0.1) is 4.91 Å². The number of thioether (sulfide) groups is 1. The summed E-state index contributed by atoms with van der Waals surface area (Å²) >= 11 is 12.8. The van der Waals surface area contributed by atoms with Crippen LogP contribution < -0.4 is 0 Å². The molecule has 2 aliphatic rings. The first-order chi connectivity index (χ1) is 12.5. The van der Waals surface area contributed by atoms with Crippen LogP contribution in [-0.2, 0) is 9.59 Å². The third-order valence-electron chi connectivity index (χ3n) is 4.75. The van der Waals surface area contributed by atoms with E-state index in [4.69, 9.17) is 23.8 Å². The predicted molar refractivity (Wildman–Crippen MR) is 111 cm³/mol. The SMILES string of the molecule is CC1CCN(C(=O)CCN2C(=O)/C(=C\c3ccccc3Cl)SC2=S)CC1. The van der Waals surface area contributed by atoms with E-state index in [-0.39, 0.29) is 11.8 Å². The number of amides is 2. The van der Waals surface area contributed by atoms with Crippen LogP contribution in [0, 0.1) is 5.92 Å². The molecule has 0 radical (unpaired) electrons. The maximum absolute atomic E-state index is 12.6. The number of carbonyl (C=O) groups is 2. The van der Waals surface area contributed by atoms with Crippen LogP contribution in [0.2, 0.25) is 5.02 Å². The van der Waals surface area contributed by atoms with Crippen LogP contribution in [0.3, 0.4) is 0 Å². The van der Waals surface area contributed by atoms with Crippen LogP contribution >= 0.6 is 35.6 Å². The molecule has 2 amide bonds. The fraction of sp³-hybridized carbons (Fsp3) is 0.421. The Morgan fingerprint density at radius 1 is 1.35 bits per heavy atom. The highest BCUT2D eigenvalue weighted by Crippen LogP contribution is 2.33. The number of hydrogen-bond donors (Lipinski definition) is 0. The molecule has 2 aliphatic heterocycles. The van der Waals surface area contributed by atoms with Gasteiger partial charge in [-0.05, 0) is 36.5 Å². The van der Waals surface area contributed by atoms with E-state index in [0.717, 1.165) is 31.5 Å². The first kappa shape index (κ1) is 19.4. The highest BCUT2D eigenvalue weighted by molar-refractivity contribution is 8.26. The van der Waals surface area contributed by atoms with Gasteiger partial charge in [-0.1, -0.05) is 60.7 Å². The van der Waals surface area contributed by atoms with E-state index in [1.807, 2.05) is 23.1 Å². The van der Waals surface area contributed by atoms with Crippen LogP contribution in [0.25, 0.3) is 6.08 Å². The van der Waals surface area contributed by atoms with Crippen molar-refractivity contribution in [3.8, 4) is 0 Å². The zero-order chi connectivity index (χ0) is 18.7. The van der Waals surface area contributed by atoms with E-state index in [9.17, 15) is 9.59 Å². The number of nitrogens with zero attached hydrogens (tertiary/aromatic N) is 2. The van der Waals surface area contributed by atoms with Gasteiger partial charge in [-0.2, -0.15) is 0 Å². The number of halogens is 1. The van der Waals surface area contributed by atoms with Gasteiger partial charge in [-0.3, -0.25) is 14.5 Å². The summed E-state index contributed by atoms with van der Waals surface area (Å²) in [5.41, 5.74) is 0.785. The van der Waals surface area contributed by atoms with Crippen LogP contribution in [0.4, 0.5) is 0 Å². The fourth-order valence-corrected chi connectivity index (χ4v) is 4.54. The van der Waals surface area contributed by atoms with Crippen LogP contribution in [-0.4, -0.2) is 45.6 Å². The number of hydrogen-bond acceptors (Lipinski definition) is 4. The Kier molecular flexibility index (Phi) is 6.37. The molecule has 0 aliphatic carbocycles. The Morgan fingerprint density at radius 2 is 2.04 bits per heavy atom. The molecule has 0 unspecified atom stereocenters. The highest BCUT2D eigenvalue weighted by Gasteiger charge is 2.32. The molecule has 0 aromatic heterocycles. The lowest BCUT2D eigenvalue weighted by molar-refractivity contribution is -0.133. The van der Waals surface area contributed by atoms with Crippen molar-refractivity contribution in [2.24, 2.45) is 5.92 Å². The second kappa shape index (κ2) is 8.55. The number of likely N-dealkylation sites (tertiary alicyclic amines) is 1. The van der Waals surface area contributed by atoms with E-state index < -0.39 is 0 Å². The quantitative estimate of drug-likeness (QED) is 0.553. The molecule has 0 spiro atoms. The fourth-order valence-electron chi connectivity index (χ4n) is 3.05. The highest BCUT2D eigenvalue weighted by atomic mass is 35.5. The average molecular weight is 409 g/mol. The molecule has 2 heterocycles. The normalized spacial score (nSPS) is 20.3. The minimum absolute atomic E-state index is 0.0982. The zero-order valence-electron chi connectivity index (χ0n) is 14.6. The Bertz CT molecular complexity index is 758. The summed E-state index contributed by atoms with van der Waals surface area (Å²) in [5.74, 6) is 0.627. The summed E-state index contributed by atoms with van der Waals surface area (Å²) in [6, 6.07) is 7.36. The molecule has 0 N–H and O–H groups in total. The number of piperidine rings is 1. The molecule has 3 rings (SSSR count). The van der Waals surface area contributed by atoms with Crippen molar-refractivity contribution in [2.45, 2.75) is 26.2 Å². The molecule has 0 bridgehead atoms. The lowest BCUT2D eigenvalue weighted by Gasteiger charge is -2.30. The molecular weight excluding hydrogens is 388 g/mol. The van der Waals surface area contributed by atoms with Gasteiger partial charge < -0.3 is 4.90 Å². The first-order valence-electron chi connectivity index (χ1n) is 8.73. The summed E-state index contributed by atoms with van der Waals surface area (Å²) in [6.07, 6.45) is 4.16. The van der Waals surface area contributed by atoms with E-state index in [0.29, 0.717) is 33.1 Å². The van der Waals surface area contributed by atoms with E-state index >= 15 is 0 Å². The Balaban J connectivity index is 1.61. The standard InChI is InChI=1S/C19H21ClN2O2S2/c1-13-6-9-21(10-7-13)17(23)8-11-22-18(24)16(26-19(22)25)12-14-4-2-3-5-15(14)20/h2-5,12-13H,6-11H2,1H3/b16-12+. The number of carbonyl (C=O) groups excluding carboxylic acids is 2. The zero-order valence-corrected chi connectivity index (χ0v) is 17.0. The number of thiocarbonyl (C=S) groups is 1. The second-order valence-electron chi connectivity index (χ2n) is 6.67. The molecule has 26 heavy (non-hydrogen) atoms. The maximum Gasteiger partial charge on any atom is 0.266 e. The van der Waals surface area contributed by atoms with Crippen molar-refractivity contribution in [3.05, 3.63) is 39.8 Å². The van der Waals surface area contributed by atoms with Gasteiger partial charge in [0.2, 0.25) is 5.91 Å². The maximum atomic E-state index is 12.6. The topological polar surface area (TPSA) is 40.6 Å². The third-order valence-corrected chi connectivity index (χ3v) is 6.47. The molecule has 2 fully saturated rings. The first-order valence-corrected chi connectivity index (χ1v) is 10.3. The van der Waals surface area contributed by atoms with Gasteiger partial charge in [0.1, 0.15) is 4.32 Å². The van der Waals surface area contributed by atoms with Crippen LogP contribution in [0.15, 0.2) is 29.2 Å². The summed E-state index contributed by atoms with van der Waals surface area (Å²) in [6.45, 7) is 4.16. The molecular formula is C19H21ClN2O2S2. The van der Waals surface area contributed by atoms with E-state index in [2.05, 4.69) is 6.92 Å². The average Bonchev–Trinajstić information content (AvgIpc) is 2.89. The van der Waals surface area contributed by atoms with E-state index in [1.54, 1.807) is 12.1 Å². The predicted octanol–water partition coefficient (Wildman–Crippen LogP) is 4.19. The Hall–Kier alpha value is -1.37. The van der Waals surface area contributed by atoms with Crippen LogP contribution in [0.1, 0.15) is 31.7 Å². The van der Waals surface area contributed by atoms with Gasteiger partial charge in [0.15, 0.2) is 0 Å². The van der Waals surface area contributed by atoms with Gasteiger partial charge in [0.25, 0.3) is 5.91 Å². The molecule has 1 aromatic rings. The molecule has 7 heteroatoms. The smallest absolute Gasteiger partial charge is 0.266 e. The van der Waals surface area contributed by atoms with Crippen molar-refractivity contribution in [1.82, 2.24) is 9.80 Å². The molecule has 138 valence electrons. The summed E-state index contributed by atoms with van der Waals surface area (Å²) < 4.78 is 0.494. The van der Waals surface area contributed by atoms with Crippen molar-refractivity contribution in [1.29, 1.82) is 0 Å².